The van der Waals surface area contributed by atoms with Gasteiger partial charge in [0.1, 0.15) is 0 Å². The average molecular weight is 699 g/mol. The van der Waals surface area contributed by atoms with E-state index in [1.54, 1.807) is 0 Å². The van der Waals surface area contributed by atoms with Crippen LogP contribution in [0.3, 0.4) is 0 Å². The molecule has 0 N–H and O–H groups in total. The van der Waals surface area contributed by atoms with Crippen molar-refractivity contribution in [2.75, 3.05) is 33.0 Å². The Bertz CT molecular complexity index is 775. The molecule has 0 saturated heterocycles. The van der Waals surface area contributed by atoms with Crippen molar-refractivity contribution in [1.29, 1.82) is 0 Å². The van der Waals surface area contributed by atoms with Crippen LogP contribution in [0.4, 0.5) is 39.5 Å². The van der Waals surface area contributed by atoms with Crippen LogP contribution in [0.1, 0.15) is 52.9 Å². The molecule has 0 aromatic heterocycles. The van der Waals surface area contributed by atoms with Crippen LogP contribution in [-0.2, 0) is 22.4 Å². The van der Waals surface area contributed by atoms with Crippen LogP contribution in [-0.4, -0.2) is 88.3 Å². The molecule has 5 nitrogen and oxygen atoms in total. The Morgan fingerprint density at radius 1 is 0.628 bits per heavy atom. The topological polar surface area (TPSA) is 46.2 Å². The maximum absolute atomic E-state index is 13.8. The molecular formula is C26H51F9O5Si3. The molecule has 260 valence electrons. The normalized spacial score (nSPS) is 16.0. The lowest BCUT2D eigenvalue weighted by Crippen LogP contribution is -2.61. The van der Waals surface area contributed by atoms with E-state index >= 15 is 0 Å². The Balaban J connectivity index is 5.42. The molecule has 0 saturated carbocycles. The van der Waals surface area contributed by atoms with Gasteiger partial charge in [-0.05, 0) is 65.2 Å². The van der Waals surface area contributed by atoms with Gasteiger partial charge in [0.25, 0.3) is 0 Å². The first-order valence-corrected chi connectivity index (χ1v) is 23.6. The SMILES string of the molecule is CCO[Si](CCCC(C(CCCOCCC(F)(F)C(F)(F)C(F)(F)C(F)(F)F)O[Si](C)(C)C)[Si](C)(C)C)(OCC)OCC. The van der Waals surface area contributed by atoms with Crippen molar-refractivity contribution in [3.8, 4) is 0 Å². The molecule has 17 heteroatoms. The largest absolute Gasteiger partial charge is 0.500 e. The van der Waals surface area contributed by atoms with Crippen molar-refractivity contribution in [3.63, 3.8) is 0 Å². The molecule has 0 radical (unpaired) electrons. The molecule has 0 aromatic rings. The van der Waals surface area contributed by atoms with Crippen molar-refractivity contribution >= 4 is 25.2 Å². The fourth-order valence-corrected chi connectivity index (χ4v) is 11.2. The highest BCUT2D eigenvalue weighted by Gasteiger charge is 2.81. The molecule has 0 aliphatic heterocycles. The fraction of sp³-hybridized carbons (Fsp3) is 1.00. The molecule has 0 aliphatic rings. The van der Waals surface area contributed by atoms with E-state index in [2.05, 4.69) is 19.6 Å². The van der Waals surface area contributed by atoms with Gasteiger partial charge in [0.15, 0.2) is 8.32 Å². The molecule has 0 spiro atoms. The zero-order valence-electron chi connectivity index (χ0n) is 26.9. The van der Waals surface area contributed by atoms with E-state index in [9.17, 15) is 39.5 Å². The third-order valence-corrected chi connectivity index (χ3v) is 13.8. The van der Waals surface area contributed by atoms with Gasteiger partial charge in [0.05, 0.1) is 14.7 Å². The summed E-state index contributed by atoms with van der Waals surface area (Å²) in [5, 5.41) is 0. The first-order chi connectivity index (χ1) is 19.3. The summed E-state index contributed by atoms with van der Waals surface area (Å²) in [6.07, 6.45) is -6.74. The fourth-order valence-electron chi connectivity index (χ4n) is 4.77. The van der Waals surface area contributed by atoms with E-state index in [-0.39, 0.29) is 24.7 Å². The summed E-state index contributed by atoms with van der Waals surface area (Å²) in [6.45, 7) is 18.5. The van der Waals surface area contributed by atoms with Crippen molar-refractivity contribution in [2.45, 2.75) is 134 Å². The van der Waals surface area contributed by atoms with Gasteiger partial charge >= 0.3 is 32.7 Å². The maximum atomic E-state index is 13.8. The number of halogens is 9. The monoisotopic (exact) mass is 698 g/mol. The smallest absolute Gasteiger partial charge is 0.415 e. The Morgan fingerprint density at radius 3 is 1.51 bits per heavy atom. The number of rotatable bonds is 23. The van der Waals surface area contributed by atoms with Gasteiger partial charge in [0, 0.05) is 45.0 Å². The summed E-state index contributed by atoms with van der Waals surface area (Å²) in [5.74, 6) is -19.2. The van der Waals surface area contributed by atoms with Gasteiger partial charge in [0.2, 0.25) is 0 Å². The van der Waals surface area contributed by atoms with Gasteiger partial charge in [-0.1, -0.05) is 26.1 Å². The third kappa shape index (κ3) is 13.2. The second-order valence-electron chi connectivity index (χ2n) is 12.5. The number of ether oxygens (including phenoxy) is 1. The lowest BCUT2D eigenvalue weighted by molar-refractivity contribution is -0.397. The van der Waals surface area contributed by atoms with Crippen LogP contribution in [0.25, 0.3) is 0 Å². The molecule has 2 atom stereocenters. The minimum Gasteiger partial charge on any atom is -0.415 e. The van der Waals surface area contributed by atoms with Gasteiger partial charge < -0.3 is 22.4 Å². The summed E-state index contributed by atoms with van der Waals surface area (Å²) in [6, 6.07) is 0.624. The highest BCUT2D eigenvalue weighted by molar-refractivity contribution is 6.78. The second kappa shape index (κ2) is 17.1. The molecule has 0 heterocycles. The number of hydrogen-bond donors (Lipinski definition) is 0. The van der Waals surface area contributed by atoms with Gasteiger partial charge in [-0.25, -0.2) is 0 Å². The molecule has 0 fully saturated rings. The van der Waals surface area contributed by atoms with Gasteiger partial charge in [-0.3, -0.25) is 0 Å². The van der Waals surface area contributed by atoms with E-state index in [0.29, 0.717) is 32.3 Å². The number of alkyl halides is 9. The zero-order chi connectivity index (χ0) is 34.0. The molecule has 2 unspecified atom stereocenters. The van der Waals surface area contributed by atoms with Gasteiger partial charge in [-0.15, -0.1) is 0 Å². The van der Waals surface area contributed by atoms with E-state index in [0.717, 1.165) is 12.8 Å². The summed E-state index contributed by atoms with van der Waals surface area (Å²) in [4.78, 5) is 0. The predicted octanol–water partition coefficient (Wildman–Crippen LogP) is 9.40. The van der Waals surface area contributed by atoms with Crippen LogP contribution in [0.2, 0.25) is 50.9 Å². The maximum Gasteiger partial charge on any atom is 0.500 e. The minimum absolute atomic E-state index is 0.170. The second-order valence-corrected chi connectivity index (χ2v) is 25.1. The molecule has 43 heavy (non-hydrogen) atoms. The molecule has 0 rings (SSSR count). The first-order valence-electron chi connectivity index (χ1n) is 14.7. The lowest BCUT2D eigenvalue weighted by Gasteiger charge is -2.40. The van der Waals surface area contributed by atoms with Crippen molar-refractivity contribution in [2.24, 2.45) is 0 Å². The third-order valence-electron chi connectivity index (χ3n) is 6.70. The molecule has 0 aromatic carbocycles. The van der Waals surface area contributed by atoms with Crippen molar-refractivity contribution < 1.29 is 62.0 Å². The van der Waals surface area contributed by atoms with Crippen LogP contribution in [0.5, 0.6) is 0 Å². The molecule has 0 amide bonds. The number of hydrogen-bond acceptors (Lipinski definition) is 5. The summed E-state index contributed by atoms with van der Waals surface area (Å²) in [5.41, 5.74) is 0.170. The van der Waals surface area contributed by atoms with Crippen LogP contribution in [0, 0.1) is 0 Å². The molecular weight excluding hydrogens is 648 g/mol. The highest BCUT2D eigenvalue weighted by Crippen LogP contribution is 2.54. The van der Waals surface area contributed by atoms with Crippen molar-refractivity contribution in [3.05, 3.63) is 0 Å². The van der Waals surface area contributed by atoms with E-state index in [1.165, 1.54) is 0 Å². The summed E-state index contributed by atoms with van der Waals surface area (Å²) < 4.78 is 147. The molecule has 0 aliphatic carbocycles. The first kappa shape index (κ1) is 42.8. The zero-order valence-corrected chi connectivity index (χ0v) is 29.9. The van der Waals surface area contributed by atoms with Crippen LogP contribution in [0.15, 0.2) is 0 Å². The average Bonchev–Trinajstić information content (AvgIpc) is 2.81. The van der Waals surface area contributed by atoms with E-state index < -0.39 is 62.2 Å². The van der Waals surface area contributed by atoms with E-state index in [1.807, 2.05) is 40.4 Å². The standard InChI is InChI=1S/C26H51F9O5Si3/c1-10-37-43(38-11-2,39-12-3)20-14-16-22(41(4,5)6)21(40-42(7,8)9)15-13-18-36-19-17-23(27,28)24(29,30)25(31,32)26(33,34)35/h21-22H,10-20H2,1-9H3. The highest BCUT2D eigenvalue weighted by atomic mass is 28.4. The Hall–Kier alpha value is -0.179. The Morgan fingerprint density at radius 2 is 1.12 bits per heavy atom. The minimum atomic E-state index is -6.90. The summed E-state index contributed by atoms with van der Waals surface area (Å²) >= 11 is 0. The lowest BCUT2D eigenvalue weighted by atomic mass is 10.0. The van der Waals surface area contributed by atoms with Crippen LogP contribution >= 0.6 is 0 Å². The van der Waals surface area contributed by atoms with E-state index in [4.69, 9.17) is 22.4 Å². The Kier molecular flexibility index (Phi) is 17.0. The van der Waals surface area contributed by atoms with Crippen LogP contribution < -0.4 is 0 Å². The van der Waals surface area contributed by atoms with Gasteiger partial charge in [-0.2, -0.15) is 39.5 Å². The van der Waals surface area contributed by atoms with Crippen molar-refractivity contribution in [1.82, 2.24) is 0 Å². The quantitative estimate of drug-likeness (QED) is 0.0605. The Labute approximate surface area is 254 Å². The molecule has 0 bridgehead atoms. The predicted molar refractivity (Wildman–Crippen MR) is 156 cm³/mol. The summed E-state index contributed by atoms with van der Waals surface area (Å²) in [7, 11) is -6.77.